The van der Waals surface area contributed by atoms with Gasteiger partial charge in [-0.3, -0.25) is 9.00 Å². The van der Waals surface area contributed by atoms with Crippen molar-refractivity contribution in [2.75, 3.05) is 24.6 Å². The molecule has 0 aliphatic carbocycles. The second kappa shape index (κ2) is 11.7. The van der Waals surface area contributed by atoms with Crippen molar-refractivity contribution < 1.29 is 9.00 Å². The monoisotopic (exact) mass is 276 g/mol. The van der Waals surface area contributed by atoms with Crippen LogP contribution in [-0.2, 0) is 15.6 Å². The Kier molecular flexibility index (Phi) is 11.4. The van der Waals surface area contributed by atoms with E-state index < -0.39 is 10.8 Å². The fourth-order valence-electron chi connectivity index (χ4n) is 1.95. The van der Waals surface area contributed by atoms with Crippen molar-refractivity contribution in [2.24, 2.45) is 11.7 Å². The van der Waals surface area contributed by atoms with Crippen LogP contribution in [0.3, 0.4) is 0 Å². The molecule has 0 heterocycles. The van der Waals surface area contributed by atoms with Crippen LogP contribution in [0.5, 0.6) is 0 Å². The summed E-state index contributed by atoms with van der Waals surface area (Å²) in [4.78, 5) is 11.6. The fourth-order valence-corrected chi connectivity index (χ4v) is 2.57. The van der Waals surface area contributed by atoms with Crippen molar-refractivity contribution in [1.82, 2.24) is 5.32 Å². The molecule has 4 nitrogen and oxygen atoms in total. The van der Waals surface area contributed by atoms with E-state index >= 15 is 0 Å². The number of nitrogens with one attached hydrogen (secondary N) is 1. The summed E-state index contributed by atoms with van der Waals surface area (Å²) in [5, 5.41) is 2.82. The summed E-state index contributed by atoms with van der Waals surface area (Å²) in [7, 11) is -0.793. The van der Waals surface area contributed by atoms with Crippen molar-refractivity contribution >= 4 is 16.7 Å². The van der Waals surface area contributed by atoms with Crippen LogP contribution < -0.4 is 11.1 Å². The molecule has 0 aromatic carbocycles. The molecule has 5 heteroatoms. The largest absolute Gasteiger partial charge is 0.355 e. The summed E-state index contributed by atoms with van der Waals surface area (Å²) < 4.78 is 11.2. The van der Waals surface area contributed by atoms with E-state index in [1.54, 1.807) is 0 Å². The Morgan fingerprint density at radius 1 is 1.28 bits per heavy atom. The molecule has 0 aliphatic rings. The van der Waals surface area contributed by atoms with Crippen molar-refractivity contribution in [3.8, 4) is 0 Å². The van der Waals surface area contributed by atoms with Crippen LogP contribution in [-0.4, -0.2) is 34.7 Å². The first-order valence-corrected chi connectivity index (χ1v) is 8.44. The van der Waals surface area contributed by atoms with Gasteiger partial charge in [-0.05, 0) is 25.3 Å². The van der Waals surface area contributed by atoms with Crippen molar-refractivity contribution in [3.63, 3.8) is 0 Å². The summed E-state index contributed by atoms with van der Waals surface area (Å²) in [6.45, 7) is 5.26. The molecular formula is C13H28N2O2S. The van der Waals surface area contributed by atoms with Crippen LogP contribution in [0.2, 0.25) is 0 Å². The van der Waals surface area contributed by atoms with Crippen molar-refractivity contribution in [3.05, 3.63) is 0 Å². The molecule has 0 aromatic rings. The second-order valence-corrected chi connectivity index (χ2v) is 6.42. The third-order valence-corrected chi connectivity index (χ3v) is 4.33. The maximum atomic E-state index is 11.6. The van der Waals surface area contributed by atoms with Gasteiger partial charge in [0.2, 0.25) is 5.91 Å². The number of amides is 1. The smallest absolute Gasteiger partial charge is 0.220 e. The molecule has 2 atom stereocenters. The third kappa shape index (κ3) is 9.59. The van der Waals surface area contributed by atoms with Gasteiger partial charge in [0.15, 0.2) is 0 Å². The fraction of sp³-hybridized carbons (Fsp3) is 0.923. The van der Waals surface area contributed by atoms with Gasteiger partial charge in [-0.1, -0.05) is 26.7 Å². The lowest BCUT2D eigenvalue weighted by molar-refractivity contribution is -0.121. The number of rotatable bonds is 11. The predicted octanol–water partition coefficient (Wildman–Crippen LogP) is 1.42. The van der Waals surface area contributed by atoms with E-state index in [9.17, 15) is 9.00 Å². The molecular weight excluding hydrogens is 248 g/mol. The highest BCUT2D eigenvalue weighted by Gasteiger charge is 2.10. The molecule has 0 fully saturated rings. The highest BCUT2D eigenvalue weighted by atomic mass is 32.2. The SMILES string of the molecule is CCCC(CCN)CCC(=O)NCCS(=O)CC. The Morgan fingerprint density at radius 3 is 2.56 bits per heavy atom. The Labute approximate surface area is 114 Å². The minimum absolute atomic E-state index is 0.0706. The van der Waals surface area contributed by atoms with E-state index in [2.05, 4.69) is 12.2 Å². The van der Waals surface area contributed by atoms with Gasteiger partial charge < -0.3 is 11.1 Å². The van der Waals surface area contributed by atoms with Crippen molar-refractivity contribution in [2.45, 2.75) is 46.0 Å². The molecule has 0 bridgehead atoms. The highest BCUT2D eigenvalue weighted by molar-refractivity contribution is 7.84. The highest BCUT2D eigenvalue weighted by Crippen LogP contribution is 2.16. The van der Waals surface area contributed by atoms with Gasteiger partial charge in [-0.25, -0.2) is 0 Å². The van der Waals surface area contributed by atoms with Crippen LogP contribution in [0, 0.1) is 5.92 Å². The lowest BCUT2D eigenvalue weighted by atomic mass is 9.94. The lowest BCUT2D eigenvalue weighted by Gasteiger charge is -2.14. The van der Waals surface area contributed by atoms with Gasteiger partial charge in [0.1, 0.15) is 0 Å². The number of hydrogen-bond donors (Lipinski definition) is 2. The second-order valence-electron chi connectivity index (χ2n) is 4.55. The quantitative estimate of drug-likeness (QED) is 0.599. The molecule has 0 aromatic heterocycles. The Bertz CT molecular complexity index is 241. The van der Waals surface area contributed by atoms with Crippen LogP contribution in [0.25, 0.3) is 0 Å². The molecule has 0 radical (unpaired) electrons. The van der Waals surface area contributed by atoms with Gasteiger partial charge in [0, 0.05) is 35.3 Å². The average Bonchev–Trinajstić information content (AvgIpc) is 2.36. The predicted molar refractivity (Wildman–Crippen MR) is 77.9 cm³/mol. The van der Waals surface area contributed by atoms with Crippen LogP contribution in [0.4, 0.5) is 0 Å². The molecule has 0 saturated carbocycles. The summed E-state index contributed by atoms with van der Waals surface area (Å²) >= 11 is 0. The molecule has 2 unspecified atom stereocenters. The van der Waals surface area contributed by atoms with Gasteiger partial charge in [-0.2, -0.15) is 0 Å². The van der Waals surface area contributed by atoms with Gasteiger partial charge >= 0.3 is 0 Å². The topological polar surface area (TPSA) is 72.2 Å². The van der Waals surface area contributed by atoms with Gasteiger partial charge in [-0.15, -0.1) is 0 Å². The molecule has 0 aliphatic heterocycles. The molecule has 0 rings (SSSR count). The average molecular weight is 276 g/mol. The molecule has 18 heavy (non-hydrogen) atoms. The first kappa shape index (κ1) is 17.6. The summed E-state index contributed by atoms with van der Waals surface area (Å²) in [6, 6.07) is 0. The van der Waals surface area contributed by atoms with Gasteiger partial charge in [0.25, 0.3) is 0 Å². The maximum Gasteiger partial charge on any atom is 0.220 e. The third-order valence-electron chi connectivity index (χ3n) is 3.03. The van der Waals surface area contributed by atoms with E-state index in [-0.39, 0.29) is 5.91 Å². The summed E-state index contributed by atoms with van der Waals surface area (Å²) in [5.74, 6) is 1.85. The summed E-state index contributed by atoms with van der Waals surface area (Å²) in [6.07, 6.45) is 4.75. The minimum Gasteiger partial charge on any atom is -0.355 e. The summed E-state index contributed by atoms with van der Waals surface area (Å²) in [5.41, 5.74) is 5.56. The number of hydrogen-bond acceptors (Lipinski definition) is 3. The zero-order valence-electron chi connectivity index (χ0n) is 11.7. The van der Waals surface area contributed by atoms with E-state index in [1.165, 1.54) is 0 Å². The first-order chi connectivity index (χ1) is 8.63. The van der Waals surface area contributed by atoms with E-state index in [1.807, 2.05) is 6.92 Å². The number of nitrogens with two attached hydrogens (primary N) is 1. The zero-order chi connectivity index (χ0) is 13.8. The zero-order valence-corrected chi connectivity index (χ0v) is 12.6. The van der Waals surface area contributed by atoms with Gasteiger partial charge in [0.05, 0.1) is 0 Å². The Hall–Kier alpha value is -0.420. The molecule has 3 N–H and O–H groups in total. The molecule has 1 amide bonds. The standard InChI is InChI=1S/C13H28N2O2S/c1-3-5-12(8-9-14)6-7-13(16)15-10-11-18(17)4-2/h12H,3-11,14H2,1-2H3,(H,15,16). The number of carbonyl (C=O) groups excluding carboxylic acids is 1. The van der Waals surface area contributed by atoms with E-state index in [0.29, 0.717) is 36.9 Å². The van der Waals surface area contributed by atoms with Crippen LogP contribution >= 0.6 is 0 Å². The Balaban J connectivity index is 3.69. The van der Waals surface area contributed by atoms with Crippen LogP contribution in [0.15, 0.2) is 0 Å². The molecule has 0 spiro atoms. The molecule has 0 saturated heterocycles. The number of carbonyl (C=O) groups is 1. The lowest BCUT2D eigenvalue weighted by Crippen LogP contribution is -2.28. The van der Waals surface area contributed by atoms with Crippen molar-refractivity contribution in [1.29, 1.82) is 0 Å². The molecule has 108 valence electrons. The first-order valence-electron chi connectivity index (χ1n) is 6.95. The van der Waals surface area contributed by atoms with Crippen LogP contribution in [0.1, 0.15) is 46.0 Å². The van der Waals surface area contributed by atoms with E-state index in [0.717, 1.165) is 25.7 Å². The Morgan fingerprint density at radius 2 is 2.00 bits per heavy atom. The van der Waals surface area contributed by atoms with E-state index in [4.69, 9.17) is 5.73 Å². The maximum absolute atomic E-state index is 11.6. The minimum atomic E-state index is -0.793. The normalized spacial score (nSPS) is 14.2.